The van der Waals surface area contributed by atoms with Crippen molar-refractivity contribution in [1.29, 1.82) is 0 Å². The van der Waals surface area contributed by atoms with E-state index in [0.717, 1.165) is 5.56 Å². The highest BCUT2D eigenvalue weighted by Crippen LogP contribution is 2.39. The first-order valence-electron chi connectivity index (χ1n) is 6.42. The van der Waals surface area contributed by atoms with Crippen molar-refractivity contribution >= 4 is 0 Å². The van der Waals surface area contributed by atoms with E-state index in [9.17, 15) is 0 Å². The Labute approximate surface area is 112 Å². The third-order valence-electron chi connectivity index (χ3n) is 3.24. The Hall–Kier alpha value is -1.36. The standard InChI is InChI=1S/C15H18O4/c1-10-12(16-9-11-7-5-4-6-8-11)13-14(17-10)19-15(2,3)18-13/h4-8,12-14H,1,9H2,2-3H3/t12-,13+,14+/m0/s1. The summed E-state index contributed by atoms with van der Waals surface area (Å²) >= 11 is 0. The summed E-state index contributed by atoms with van der Waals surface area (Å²) < 4.78 is 22.9. The molecule has 2 aliphatic heterocycles. The SMILES string of the molecule is C=C1O[C@@H]2OC(C)(C)O[C@@H]2[C@H]1OCc1ccccc1. The molecule has 2 heterocycles. The van der Waals surface area contributed by atoms with E-state index in [-0.39, 0.29) is 12.2 Å². The number of ether oxygens (including phenoxy) is 4. The summed E-state index contributed by atoms with van der Waals surface area (Å²) in [7, 11) is 0. The highest BCUT2D eigenvalue weighted by atomic mass is 16.8. The van der Waals surface area contributed by atoms with Gasteiger partial charge >= 0.3 is 0 Å². The largest absolute Gasteiger partial charge is 0.464 e. The zero-order valence-electron chi connectivity index (χ0n) is 11.2. The Morgan fingerprint density at radius 3 is 2.68 bits per heavy atom. The molecule has 2 fully saturated rings. The van der Waals surface area contributed by atoms with Crippen LogP contribution in [0.2, 0.25) is 0 Å². The molecule has 0 N–H and O–H groups in total. The Balaban J connectivity index is 1.66. The quantitative estimate of drug-likeness (QED) is 0.839. The number of hydrogen-bond donors (Lipinski definition) is 0. The van der Waals surface area contributed by atoms with Gasteiger partial charge in [0.05, 0.1) is 6.61 Å². The summed E-state index contributed by atoms with van der Waals surface area (Å²) in [5.74, 6) is -0.0638. The number of rotatable bonds is 3. The molecule has 0 amide bonds. The molecule has 19 heavy (non-hydrogen) atoms. The van der Waals surface area contributed by atoms with Crippen LogP contribution in [0.4, 0.5) is 0 Å². The van der Waals surface area contributed by atoms with Crippen LogP contribution in [-0.2, 0) is 25.6 Å². The fourth-order valence-electron chi connectivity index (χ4n) is 2.40. The first-order chi connectivity index (χ1) is 9.05. The van der Waals surface area contributed by atoms with E-state index < -0.39 is 12.1 Å². The minimum Gasteiger partial charge on any atom is -0.464 e. The molecule has 2 saturated heterocycles. The zero-order valence-corrected chi connectivity index (χ0v) is 11.2. The molecule has 0 spiro atoms. The van der Waals surface area contributed by atoms with Gasteiger partial charge in [-0.05, 0) is 19.4 Å². The van der Waals surface area contributed by atoms with E-state index >= 15 is 0 Å². The maximum absolute atomic E-state index is 5.88. The molecule has 4 nitrogen and oxygen atoms in total. The van der Waals surface area contributed by atoms with Crippen molar-refractivity contribution in [3.8, 4) is 0 Å². The maximum Gasteiger partial charge on any atom is 0.231 e. The van der Waals surface area contributed by atoms with E-state index in [0.29, 0.717) is 12.4 Å². The predicted octanol–water partition coefficient (Wildman–Crippen LogP) is 2.59. The Morgan fingerprint density at radius 2 is 1.95 bits per heavy atom. The lowest BCUT2D eigenvalue weighted by Gasteiger charge is -2.21. The molecule has 3 atom stereocenters. The van der Waals surface area contributed by atoms with Gasteiger partial charge in [0.15, 0.2) is 11.9 Å². The van der Waals surface area contributed by atoms with Gasteiger partial charge in [0, 0.05) is 0 Å². The predicted molar refractivity (Wildman–Crippen MR) is 69.1 cm³/mol. The second-order valence-corrected chi connectivity index (χ2v) is 5.27. The monoisotopic (exact) mass is 262 g/mol. The number of fused-ring (bicyclic) bond motifs is 1. The fourth-order valence-corrected chi connectivity index (χ4v) is 2.40. The molecule has 102 valence electrons. The van der Waals surface area contributed by atoms with Crippen molar-refractivity contribution in [1.82, 2.24) is 0 Å². The van der Waals surface area contributed by atoms with Crippen LogP contribution in [0.1, 0.15) is 19.4 Å². The molecule has 2 aliphatic rings. The number of hydrogen-bond acceptors (Lipinski definition) is 4. The van der Waals surface area contributed by atoms with Crippen LogP contribution in [-0.4, -0.2) is 24.3 Å². The average molecular weight is 262 g/mol. The van der Waals surface area contributed by atoms with Gasteiger partial charge in [-0.3, -0.25) is 0 Å². The highest BCUT2D eigenvalue weighted by molar-refractivity contribution is 5.14. The summed E-state index contributed by atoms with van der Waals surface area (Å²) in [6, 6.07) is 9.99. The van der Waals surface area contributed by atoms with Gasteiger partial charge in [-0.1, -0.05) is 36.9 Å². The van der Waals surface area contributed by atoms with Crippen LogP contribution in [0.3, 0.4) is 0 Å². The van der Waals surface area contributed by atoms with Crippen LogP contribution in [0.25, 0.3) is 0 Å². The molecular formula is C15H18O4. The minimum absolute atomic E-state index is 0.244. The molecule has 0 aliphatic carbocycles. The van der Waals surface area contributed by atoms with Gasteiger partial charge in [-0.15, -0.1) is 0 Å². The molecule has 3 rings (SSSR count). The Morgan fingerprint density at radius 1 is 1.21 bits per heavy atom. The molecule has 1 aromatic carbocycles. The lowest BCUT2D eigenvalue weighted by atomic mass is 10.2. The van der Waals surface area contributed by atoms with Crippen LogP contribution < -0.4 is 0 Å². The van der Waals surface area contributed by atoms with Crippen LogP contribution >= 0.6 is 0 Å². The van der Waals surface area contributed by atoms with Gasteiger partial charge in [0.2, 0.25) is 6.29 Å². The van der Waals surface area contributed by atoms with Gasteiger partial charge in [-0.2, -0.15) is 0 Å². The van der Waals surface area contributed by atoms with Crippen LogP contribution in [0.5, 0.6) is 0 Å². The lowest BCUT2D eigenvalue weighted by molar-refractivity contribution is -0.191. The Bertz CT molecular complexity index is 468. The summed E-state index contributed by atoms with van der Waals surface area (Å²) in [6.45, 7) is 8.11. The van der Waals surface area contributed by atoms with Crippen molar-refractivity contribution < 1.29 is 18.9 Å². The van der Waals surface area contributed by atoms with E-state index in [4.69, 9.17) is 18.9 Å². The van der Waals surface area contributed by atoms with Gasteiger partial charge < -0.3 is 18.9 Å². The average Bonchev–Trinajstić information content (AvgIpc) is 2.79. The molecule has 0 saturated carbocycles. The second-order valence-electron chi connectivity index (χ2n) is 5.27. The van der Waals surface area contributed by atoms with Crippen molar-refractivity contribution in [3.63, 3.8) is 0 Å². The van der Waals surface area contributed by atoms with E-state index in [1.165, 1.54) is 0 Å². The molecule has 0 radical (unpaired) electrons. The topological polar surface area (TPSA) is 36.9 Å². The van der Waals surface area contributed by atoms with Crippen molar-refractivity contribution in [2.45, 2.75) is 44.7 Å². The third-order valence-corrected chi connectivity index (χ3v) is 3.24. The van der Waals surface area contributed by atoms with E-state index in [1.54, 1.807) is 0 Å². The van der Waals surface area contributed by atoms with Gasteiger partial charge in [0.1, 0.15) is 11.9 Å². The maximum atomic E-state index is 5.88. The third kappa shape index (κ3) is 2.52. The highest BCUT2D eigenvalue weighted by Gasteiger charge is 2.53. The van der Waals surface area contributed by atoms with Crippen LogP contribution in [0, 0.1) is 0 Å². The Kier molecular flexibility index (Phi) is 3.09. The summed E-state index contributed by atoms with van der Waals surface area (Å²) in [5.41, 5.74) is 1.11. The van der Waals surface area contributed by atoms with Crippen molar-refractivity contribution in [2.75, 3.05) is 0 Å². The van der Waals surface area contributed by atoms with Gasteiger partial charge in [-0.25, -0.2) is 0 Å². The normalized spacial score (nSPS) is 32.1. The second kappa shape index (κ2) is 4.63. The molecule has 0 bridgehead atoms. The van der Waals surface area contributed by atoms with Crippen LogP contribution in [0.15, 0.2) is 42.7 Å². The molecule has 0 unspecified atom stereocenters. The fraction of sp³-hybridized carbons (Fsp3) is 0.467. The summed E-state index contributed by atoms with van der Waals surface area (Å²) in [6.07, 6.45) is -0.943. The summed E-state index contributed by atoms with van der Waals surface area (Å²) in [4.78, 5) is 0. The summed E-state index contributed by atoms with van der Waals surface area (Å²) in [5, 5.41) is 0. The molecular weight excluding hydrogens is 244 g/mol. The lowest BCUT2D eigenvalue weighted by Crippen LogP contribution is -2.31. The minimum atomic E-state index is -0.635. The molecule has 1 aromatic rings. The van der Waals surface area contributed by atoms with Crippen molar-refractivity contribution in [3.05, 3.63) is 48.2 Å². The first kappa shape index (κ1) is 12.7. The molecule has 4 heteroatoms. The van der Waals surface area contributed by atoms with E-state index in [2.05, 4.69) is 6.58 Å². The zero-order chi connectivity index (χ0) is 13.5. The number of benzene rings is 1. The smallest absolute Gasteiger partial charge is 0.231 e. The van der Waals surface area contributed by atoms with Crippen molar-refractivity contribution in [2.24, 2.45) is 0 Å². The van der Waals surface area contributed by atoms with E-state index in [1.807, 2.05) is 44.2 Å². The first-order valence-corrected chi connectivity index (χ1v) is 6.42. The van der Waals surface area contributed by atoms with Gasteiger partial charge in [0.25, 0.3) is 0 Å². The molecule has 0 aromatic heterocycles.